The summed E-state index contributed by atoms with van der Waals surface area (Å²) in [7, 11) is -3.67. The molecule has 35 heavy (non-hydrogen) atoms. The number of sulfonamides is 1. The van der Waals surface area contributed by atoms with Crippen molar-refractivity contribution in [3.63, 3.8) is 0 Å². The molecule has 0 aliphatic carbocycles. The van der Waals surface area contributed by atoms with Crippen molar-refractivity contribution < 1.29 is 8.42 Å². The normalized spacial score (nSPS) is 13.8. The Morgan fingerprint density at radius 1 is 0.943 bits per heavy atom. The van der Waals surface area contributed by atoms with Crippen molar-refractivity contribution >= 4 is 15.7 Å². The molecular formula is C27H41N5O2S. The van der Waals surface area contributed by atoms with Crippen LogP contribution in [-0.2, 0) is 23.0 Å². The number of benzene rings is 1. The third-order valence-corrected chi connectivity index (χ3v) is 8.09. The summed E-state index contributed by atoms with van der Waals surface area (Å²) < 4.78 is 28.3. The number of nitrogens with one attached hydrogen (secondary N) is 1. The molecule has 1 aromatic carbocycles. The van der Waals surface area contributed by atoms with Crippen LogP contribution in [0.3, 0.4) is 0 Å². The van der Waals surface area contributed by atoms with E-state index < -0.39 is 10.0 Å². The van der Waals surface area contributed by atoms with Gasteiger partial charge >= 0.3 is 0 Å². The van der Waals surface area contributed by atoms with E-state index in [2.05, 4.69) is 33.7 Å². The van der Waals surface area contributed by atoms with Gasteiger partial charge in [-0.25, -0.2) is 13.4 Å². The maximum atomic E-state index is 13.4. The lowest BCUT2D eigenvalue weighted by molar-refractivity contribution is 0.268. The maximum Gasteiger partial charge on any atom is 0.243 e. The Balaban J connectivity index is 1.51. The lowest BCUT2D eigenvalue weighted by Gasteiger charge is -2.21. The highest BCUT2D eigenvalue weighted by Gasteiger charge is 2.27. The van der Waals surface area contributed by atoms with Gasteiger partial charge < -0.3 is 9.88 Å². The molecule has 2 aromatic rings. The smallest absolute Gasteiger partial charge is 0.243 e. The van der Waals surface area contributed by atoms with Gasteiger partial charge in [0.25, 0.3) is 0 Å². The number of unbranched alkanes of at least 4 members (excludes halogenated alkanes) is 3. The fraction of sp³-hybridized carbons (Fsp3) is 0.556. The monoisotopic (exact) mass is 499 g/mol. The third kappa shape index (κ3) is 8.70. The Morgan fingerprint density at radius 2 is 1.69 bits per heavy atom. The molecule has 0 radical (unpaired) electrons. The van der Waals surface area contributed by atoms with Crippen LogP contribution in [0.15, 0.2) is 58.8 Å². The molecule has 0 fully saturated rings. The quantitative estimate of drug-likeness (QED) is 0.304. The summed E-state index contributed by atoms with van der Waals surface area (Å²) in [5, 5.41) is 0. The second-order valence-corrected chi connectivity index (χ2v) is 11.2. The van der Waals surface area contributed by atoms with Crippen molar-refractivity contribution in [2.75, 3.05) is 26.2 Å². The van der Waals surface area contributed by atoms with E-state index in [0.29, 0.717) is 17.1 Å². The summed E-state index contributed by atoms with van der Waals surface area (Å²) in [5.74, 6) is 0.615. The van der Waals surface area contributed by atoms with E-state index in [-0.39, 0.29) is 13.1 Å². The van der Waals surface area contributed by atoms with E-state index in [4.69, 9.17) is 0 Å². The second-order valence-electron chi connectivity index (χ2n) is 9.24. The first kappa shape index (κ1) is 27.3. The standard InChI is InChI=1S/C27H41N5O2S/c1-3-19-31(20-4-2)21-8-6-5-7-10-24-12-14-26(15-13-24)35(33,34)32(22-25-11-9-16-28-25)23-27-29-17-18-30-27/h9,12-18H,3-8,10-11,19-23H2,1-2H3,(H,29,30). The molecule has 1 aromatic heterocycles. The molecule has 1 N–H and O–H groups in total. The Kier molecular flexibility index (Phi) is 11.2. The largest absolute Gasteiger partial charge is 0.347 e. The van der Waals surface area contributed by atoms with Crippen molar-refractivity contribution in [2.24, 2.45) is 4.99 Å². The molecule has 0 spiro atoms. The molecule has 8 heteroatoms. The first-order valence-electron chi connectivity index (χ1n) is 13.0. The van der Waals surface area contributed by atoms with E-state index in [9.17, 15) is 8.42 Å². The SMILES string of the molecule is CCCN(CCC)CCCCCCc1ccc(S(=O)(=O)N(CC2=NC=CC2)Cc2ncc[nH]2)cc1. The topological polar surface area (TPSA) is 81.7 Å². The zero-order chi connectivity index (χ0) is 24.9. The number of allylic oxidation sites excluding steroid dienone is 1. The number of aromatic amines is 1. The van der Waals surface area contributed by atoms with Gasteiger partial charge in [-0.3, -0.25) is 4.99 Å². The molecule has 0 amide bonds. The van der Waals surface area contributed by atoms with Gasteiger partial charge in [-0.2, -0.15) is 4.31 Å². The Bertz CT molecular complexity index is 1020. The highest BCUT2D eigenvalue weighted by atomic mass is 32.2. The fourth-order valence-corrected chi connectivity index (χ4v) is 5.84. The minimum atomic E-state index is -3.67. The molecule has 3 rings (SSSR count). The van der Waals surface area contributed by atoms with Crippen LogP contribution in [0.25, 0.3) is 0 Å². The fourth-order valence-electron chi connectivity index (χ4n) is 4.45. The number of aryl methyl sites for hydroxylation is 1. The van der Waals surface area contributed by atoms with Gasteiger partial charge in [-0.15, -0.1) is 0 Å². The van der Waals surface area contributed by atoms with Crippen LogP contribution in [0, 0.1) is 0 Å². The first-order valence-corrected chi connectivity index (χ1v) is 14.5. The lowest BCUT2D eigenvalue weighted by Crippen LogP contribution is -2.35. The number of nitrogens with zero attached hydrogens (tertiary/aromatic N) is 4. The number of hydrogen-bond donors (Lipinski definition) is 1. The summed E-state index contributed by atoms with van der Waals surface area (Å²) in [6.07, 6.45) is 15.9. The van der Waals surface area contributed by atoms with Gasteiger partial charge in [0.05, 0.1) is 18.0 Å². The number of imidazole rings is 1. The molecule has 1 aliphatic rings. The van der Waals surface area contributed by atoms with Crippen molar-refractivity contribution in [1.82, 2.24) is 19.2 Å². The van der Waals surface area contributed by atoms with Crippen LogP contribution in [0.1, 0.15) is 70.2 Å². The maximum absolute atomic E-state index is 13.4. The van der Waals surface area contributed by atoms with Crippen LogP contribution in [0.2, 0.25) is 0 Å². The van der Waals surface area contributed by atoms with Gasteiger partial charge in [-0.1, -0.05) is 44.9 Å². The first-order chi connectivity index (χ1) is 17.0. The summed E-state index contributed by atoms with van der Waals surface area (Å²) in [5.41, 5.74) is 2.02. The van der Waals surface area contributed by atoms with E-state index in [1.54, 1.807) is 30.7 Å². The lowest BCUT2D eigenvalue weighted by atomic mass is 10.1. The molecule has 2 heterocycles. The van der Waals surface area contributed by atoms with Gasteiger partial charge in [0.15, 0.2) is 0 Å². The van der Waals surface area contributed by atoms with Crippen molar-refractivity contribution in [3.8, 4) is 0 Å². The molecule has 192 valence electrons. The van der Waals surface area contributed by atoms with Crippen molar-refractivity contribution in [3.05, 3.63) is 60.3 Å². The van der Waals surface area contributed by atoms with Crippen LogP contribution >= 0.6 is 0 Å². The highest BCUT2D eigenvalue weighted by Crippen LogP contribution is 2.20. The average Bonchev–Trinajstić information content (AvgIpc) is 3.56. The van der Waals surface area contributed by atoms with Crippen molar-refractivity contribution in [2.45, 2.75) is 76.7 Å². The van der Waals surface area contributed by atoms with Crippen molar-refractivity contribution in [1.29, 1.82) is 0 Å². The number of hydrogen-bond acceptors (Lipinski definition) is 5. The molecule has 7 nitrogen and oxygen atoms in total. The highest BCUT2D eigenvalue weighted by molar-refractivity contribution is 7.89. The molecule has 0 saturated carbocycles. The summed E-state index contributed by atoms with van der Waals surface area (Å²) in [6, 6.07) is 7.39. The predicted octanol–water partition coefficient (Wildman–Crippen LogP) is 5.18. The van der Waals surface area contributed by atoms with Gasteiger partial charge in [-0.05, 0) is 69.4 Å². The van der Waals surface area contributed by atoms with E-state index >= 15 is 0 Å². The number of aliphatic imine (C=N–C) groups is 1. The van der Waals surface area contributed by atoms with Crippen LogP contribution in [0.4, 0.5) is 0 Å². The van der Waals surface area contributed by atoms with E-state index in [1.807, 2.05) is 18.2 Å². The molecular weight excluding hydrogens is 458 g/mol. The van der Waals surface area contributed by atoms with Gasteiger partial charge in [0.1, 0.15) is 5.82 Å². The number of H-pyrrole nitrogens is 1. The van der Waals surface area contributed by atoms with E-state index in [0.717, 1.165) is 18.6 Å². The second kappa shape index (κ2) is 14.3. The third-order valence-electron chi connectivity index (χ3n) is 6.29. The molecule has 0 unspecified atom stereocenters. The number of aromatic nitrogens is 2. The Morgan fingerprint density at radius 3 is 2.31 bits per heavy atom. The Labute approximate surface area is 211 Å². The summed E-state index contributed by atoms with van der Waals surface area (Å²) in [6.45, 7) is 8.54. The zero-order valence-electron chi connectivity index (χ0n) is 21.3. The zero-order valence-corrected chi connectivity index (χ0v) is 22.1. The van der Waals surface area contributed by atoms with E-state index in [1.165, 1.54) is 61.6 Å². The summed E-state index contributed by atoms with van der Waals surface area (Å²) in [4.78, 5) is 14.4. The van der Waals surface area contributed by atoms with Crippen LogP contribution in [0.5, 0.6) is 0 Å². The molecule has 1 aliphatic heterocycles. The minimum absolute atomic E-state index is 0.185. The van der Waals surface area contributed by atoms with Crippen LogP contribution < -0.4 is 0 Å². The minimum Gasteiger partial charge on any atom is -0.347 e. The Hall–Kier alpha value is -2.29. The molecule has 0 bridgehead atoms. The average molecular weight is 500 g/mol. The predicted molar refractivity (Wildman–Crippen MR) is 143 cm³/mol. The van der Waals surface area contributed by atoms with Crippen LogP contribution in [-0.4, -0.2) is 59.5 Å². The number of rotatable bonds is 17. The summed E-state index contributed by atoms with van der Waals surface area (Å²) >= 11 is 0. The molecule has 0 atom stereocenters. The van der Waals surface area contributed by atoms with Gasteiger partial charge in [0, 0.05) is 30.7 Å². The van der Waals surface area contributed by atoms with Gasteiger partial charge in [0.2, 0.25) is 10.0 Å². The molecule has 0 saturated heterocycles.